The Morgan fingerprint density at radius 3 is 2.75 bits per heavy atom. The zero-order valence-electron chi connectivity index (χ0n) is 11.2. The van der Waals surface area contributed by atoms with Crippen molar-refractivity contribution in [3.8, 4) is 0 Å². The zero-order chi connectivity index (χ0) is 14.9. The Hall–Kier alpha value is -0.850. The van der Waals surface area contributed by atoms with Crippen molar-refractivity contribution < 1.29 is 4.21 Å². The van der Waals surface area contributed by atoms with Crippen LogP contribution >= 0.6 is 27.5 Å². The van der Waals surface area contributed by atoms with E-state index in [2.05, 4.69) is 21.0 Å². The average Bonchev–Trinajstić information content (AvgIpc) is 2.69. The molecule has 0 bridgehead atoms. The van der Waals surface area contributed by atoms with Gasteiger partial charge < -0.3 is 5.73 Å². The van der Waals surface area contributed by atoms with Gasteiger partial charge in [-0.25, -0.2) is 0 Å². The van der Waals surface area contributed by atoms with Crippen molar-refractivity contribution in [2.75, 3.05) is 5.73 Å². The van der Waals surface area contributed by atoms with Gasteiger partial charge in [0.15, 0.2) is 0 Å². The van der Waals surface area contributed by atoms with E-state index in [1.165, 1.54) is 0 Å². The highest BCUT2D eigenvalue weighted by atomic mass is 79.9. The van der Waals surface area contributed by atoms with Gasteiger partial charge in [-0.15, -0.1) is 0 Å². The van der Waals surface area contributed by atoms with Crippen LogP contribution in [0.1, 0.15) is 18.3 Å². The summed E-state index contributed by atoms with van der Waals surface area (Å²) in [7, 11) is 0.661. The zero-order valence-corrected chi connectivity index (χ0v) is 14.3. The Balaban J connectivity index is 2.28. The van der Waals surface area contributed by atoms with Crippen LogP contribution in [0.3, 0.4) is 0 Å². The Bertz CT molecular complexity index is 672. The molecule has 0 aliphatic heterocycles. The Labute approximate surface area is 133 Å². The standard InChI is InChI=1S/C13H15BrClN3OS/c1-3-11-13(14)12(18(2)17-11)7-20(19)8-4-5-10(16)9(15)6-8/h4-6H,3,7,16H2,1-2H3. The summed E-state index contributed by atoms with van der Waals surface area (Å²) in [6, 6.07) is 5.06. The number of benzene rings is 1. The van der Waals surface area contributed by atoms with Gasteiger partial charge in [-0.2, -0.15) is 5.10 Å². The third-order valence-electron chi connectivity index (χ3n) is 3.01. The number of aryl methyl sites for hydroxylation is 2. The molecule has 1 atom stereocenters. The second kappa shape index (κ2) is 6.28. The second-order valence-corrected chi connectivity index (χ2v) is 7.01. The molecule has 7 heteroatoms. The Morgan fingerprint density at radius 1 is 1.50 bits per heavy atom. The Morgan fingerprint density at radius 2 is 2.20 bits per heavy atom. The van der Waals surface area contributed by atoms with Crippen molar-refractivity contribution in [2.45, 2.75) is 24.0 Å². The maximum Gasteiger partial charge on any atom is 0.0767 e. The number of nitrogen functional groups attached to an aromatic ring is 1. The number of rotatable bonds is 4. The van der Waals surface area contributed by atoms with Crippen LogP contribution < -0.4 is 5.73 Å². The highest BCUT2D eigenvalue weighted by Crippen LogP contribution is 2.26. The number of hydrogen-bond acceptors (Lipinski definition) is 3. The molecule has 1 aromatic carbocycles. The lowest BCUT2D eigenvalue weighted by atomic mass is 10.3. The molecule has 0 aliphatic carbocycles. The first-order valence-corrected chi connectivity index (χ1v) is 8.56. The minimum Gasteiger partial charge on any atom is -0.398 e. The molecule has 108 valence electrons. The summed E-state index contributed by atoms with van der Waals surface area (Å²) < 4.78 is 15.1. The highest BCUT2D eigenvalue weighted by Gasteiger charge is 2.16. The summed E-state index contributed by atoms with van der Waals surface area (Å²) in [5.41, 5.74) is 8.02. The normalized spacial score (nSPS) is 12.6. The number of halogens is 2. The van der Waals surface area contributed by atoms with Gasteiger partial charge in [0.05, 0.1) is 43.1 Å². The van der Waals surface area contributed by atoms with E-state index in [-0.39, 0.29) is 0 Å². The Kier molecular flexibility index (Phi) is 4.88. The number of anilines is 1. The van der Waals surface area contributed by atoms with Crippen molar-refractivity contribution in [1.82, 2.24) is 9.78 Å². The van der Waals surface area contributed by atoms with Crippen LogP contribution in [0.5, 0.6) is 0 Å². The summed E-state index contributed by atoms with van der Waals surface area (Å²) in [5, 5.41) is 4.82. The molecule has 0 radical (unpaired) electrons. The predicted octanol–water partition coefficient (Wildman–Crippen LogP) is 3.29. The van der Waals surface area contributed by atoms with E-state index in [4.69, 9.17) is 17.3 Å². The van der Waals surface area contributed by atoms with Crippen LogP contribution in [0.2, 0.25) is 5.02 Å². The lowest BCUT2D eigenvalue weighted by Gasteiger charge is -2.06. The number of nitrogens with zero attached hydrogens (tertiary/aromatic N) is 2. The largest absolute Gasteiger partial charge is 0.398 e. The summed E-state index contributed by atoms with van der Waals surface area (Å²) in [6.45, 7) is 2.04. The van der Waals surface area contributed by atoms with Crippen LogP contribution in [0.15, 0.2) is 27.6 Å². The van der Waals surface area contributed by atoms with Crippen molar-refractivity contribution in [1.29, 1.82) is 0 Å². The van der Waals surface area contributed by atoms with E-state index in [1.807, 2.05) is 14.0 Å². The monoisotopic (exact) mass is 375 g/mol. The molecule has 4 nitrogen and oxygen atoms in total. The van der Waals surface area contributed by atoms with E-state index in [0.29, 0.717) is 21.4 Å². The molecule has 1 aromatic heterocycles. The number of aromatic nitrogens is 2. The van der Waals surface area contributed by atoms with Gasteiger partial charge in [-0.1, -0.05) is 18.5 Å². The van der Waals surface area contributed by atoms with E-state index in [1.54, 1.807) is 22.9 Å². The first-order chi connectivity index (χ1) is 9.43. The van der Waals surface area contributed by atoms with Crippen molar-refractivity contribution in [2.24, 2.45) is 7.05 Å². The molecule has 0 fully saturated rings. The third-order valence-corrected chi connectivity index (χ3v) is 5.56. The topological polar surface area (TPSA) is 60.9 Å². The van der Waals surface area contributed by atoms with Crippen molar-refractivity contribution >= 4 is 44.0 Å². The minimum atomic E-state index is -1.19. The molecule has 2 aromatic rings. The number of nitrogens with two attached hydrogens (primary N) is 1. The molecule has 20 heavy (non-hydrogen) atoms. The molecule has 2 N–H and O–H groups in total. The van der Waals surface area contributed by atoms with Gasteiger partial charge in [0.1, 0.15) is 0 Å². The van der Waals surface area contributed by atoms with Crippen molar-refractivity contribution in [3.63, 3.8) is 0 Å². The third kappa shape index (κ3) is 3.07. The fourth-order valence-corrected chi connectivity index (χ4v) is 4.24. The maximum atomic E-state index is 12.4. The molecule has 1 heterocycles. The minimum absolute atomic E-state index is 0.379. The van der Waals surface area contributed by atoms with Crippen LogP contribution in [-0.2, 0) is 30.0 Å². The lowest BCUT2D eigenvalue weighted by molar-refractivity contribution is 0.675. The molecule has 0 saturated carbocycles. The fraction of sp³-hybridized carbons (Fsp3) is 0.308. The molecular formula is C13H15BrClN3OS. The summed E-state index contributed by atoms with van der Waals surface area (Å²) in [5.74, 6) is 0.379. The average molecular weight is 377 g/mol. The van der Waals surface area contributed by atoms with E-state index >= 15 is 0 Å². The lowest BCUT2D eigenvalue weighted by Crippen LogP contribution is -2.04. The van der Waals surface area contributed by atoms with Crippen LogP contribution in [-0.4, -0.2) is 14.0 Å². The molecule has 0 saturated heterocycles. The SMILES string of the molecule is CCc1nn(C)c(CS(=O)c2ccc(N)c(Cl)c2)c1Br. The van der Waals surface area contributed by atoms with Gasteiger partial charge in [0.25, 0.3) is 0 Å². The smallest absolute Gasteiger partial charge is 0.0767 e. The maximum absolute atomic E-state index is 12.4. The van der Waals surface area contributed by atoms with Crippen LogP contribution in [0.4, 0.5) is 5.69 Å². The molecule has 0 amide bonds. The molecule has 2 rings (SSSR count). The van der Waals surface area contributed by atoms with E-state index in [0.717, 1.165) is 22.3 Å². The predicted molar refractivity (Wildman–Crippen MR) is 86.3 cm³/mol. The van der Waals surface area contributed by atoms with Gasteiger partial charge >= 0.3 is 0 Å². The van der Waals surface area contributed by atoms with Crippen LogP contribution in [0, 0.1) is 0 Å². The molecular weight excluding hydrogens is 362 g/mol. The number of hydrogen-bond donors (Lipinski definition) is 1. The van der Waals surface area contributed by atoms with Crippen molar-refractivity contribution in [3.05, 3.63) is 39.1 Å². The fourth-order valence-electron chi connectivity index (χ4n) is 1.83. The molecule has 0 spiro atoms. The van der Waals surface area contributed by atoms with E-state index in [9.17, 15) is 4.21 Å². The van der Waals surface area contributed by atoms with Gasteiger partial charge in [0.2, 0.25) is 0 Å². The molecule has 0 aliphatic rings. The van der Waals surface area contributed by atoms with Gasteiger partial charge in [0, 0.05) is 11.9 Å². The quantitative estimate of drug-likeness (QED) is 0.833. The molecule has 1 unspecified atom stereocenters. The van der Waals surface area contributed by atoms with Gasteiger partial charge in [-0.05, 0) is 40.5 Å². The summed E-state index contributed by atoms with van der Waals surface area (Å²) in [4.78, 5) is 0.662. The highest BCUT2D eigenvalue weighted by molar-refractivity contribution is 9.10. The van der Waals surface area contributed by atoms with E-state index < -0.39 is 10.8 Å². The summed E-state index contributed by atoms with van der Waals surface area (Å²) in [6.07, 6.45) is 0.828. The second-order valence-electron chi connectivity index (χ2n) is 4.36. The van der Waals surface area contributed by atoms with Gasteiger partial charge in [-0.3, -0.25) is 8.89 Å². The van der Waals surface area contributed by atoms with Crippen LogP contribution in [0.25, 0.3) is 0 Å². The first-order valence-electron chi connectivity index (χ1n) is 6.07. The summed E-state index contributed by atoms with van der Waals surface area (Å²) >= 11 is 9.49. The first kappa shape index (κ1) is 15.5.